The summed E-state index contributed by atoms with van der Waals surface area (Å²) in [4.78, 5) is 12.5. The molecule has 106 valence electrons. The Bertz CT molecular complexity index is 836. The normalized spacial score (nSPS) is 10.8. The Balaban J connectivity index is 1.98. The van der Waals surface area contributed by atoms with Gasteiger partial charge in [-0.3, -0.25) is 4.79 Å². The van der Waals surface area contributed by atoms with E-state index in [2.05, 4.69) is 5.32 Å². The van der Waals surface area contributed by atoms with Crippen molar-refractivity contribution in [2.75, 3.05) is 5.32 Å². The number of halogens is 1. The number of carbonyl (C=O) groups excluding carboxylic acids is 1. The molecule has 0 spiro atoms. The summed E-state index contributed by atoms with van der Waals surface area (Å²) < 4.78 is 1.85. The summed E-state index contributed by atoms with van der Waals surface area (Å²) in [7, 11) is 1.86. The molecular weight excluding hydrogens is 284 g/mol. The summed E-state index contributed by atoms with van der Waals surface area (Å²) in [6.07, 6.45) is 0. The molecule has 21 heavy (non-hydrogen) atoms. The van der Waals surface area contributed by atoms with Gasteiger partial charge in [0.2, 0.25) is 0 Å². The van der Waals surface area contributed by atoms with E-state index in [1.807, 2.05) is 67.1 Å². The maximum atomic E-state index is 12.5. The van der Waals surface area contributed by atoms with Crippen LogP contribution in [0.5, 0.6) is 0 Å². The third kappa shape index (κ3) is 2.52. The second kappa shape index (κ2) is 5.26. The van der Waals surface area contributed by atoms with Crippen molar-refractivity contribution in [2.24, 2.45) is 7.05 Å². The van der Waals surface area contributed by atoms with E-state index in [0.717, 1.165) is 22.2 Å². The average molecular weight is 299 g/mol. The zero-order valence-electron chi connectivity index (χ0n) is 11.9. The van der Waals surface area contributed by atoms with E-state index in [4.69, 9.17) is 11.6 Å². The number of aromatic nitrogens is 1. The first-order chi connectivity index (χ1) is 10.1. The number of nitrogens with one attached hydrogen (secondary N) is 1. The van der Waals surface area contributed by atoms with Crippen molar-refractivity contribution in [1.29, 1.82) is 0 Å². The molecule has 2 aromatic carbocycles. The first-order valence-electron chi connectivity index (χ1n) is 6.68. The number of hydrogen-bond donors (Lipinski definition) is 1. The molecule has 1 N–H and O–H groups in total. The highest BCUT2D eigenvalue weighted by Gasteiger charge is 2.14. The zero-order valence-corrected chi connectivity index (χ0v) is 12.6. The lowest BCUT2D eigenvalue weighted by Crippen LogP contribution is -2.15. The van der Waals surface area contributed by atoms with Gasteiger partial charge in [-0.25, -0.2) is 0 Å². The van der Waals surface area contributed by atoms with Crippen LogP contribution in [0.3, 0.4) is 0 Å². The highest BCUT2D eigenvalue weighted by atomic mass is 35.5. The number of aryl methyl sites for hydroxylation is 2. The minimum atomic E-state index is -0.143. The lowest BCUT2D eigenvalue weighted by atomic mass is 10.2. The molecule has 4 heteroatoms. The highest BCUT2D eigenvalue weighted by molar-refractivity contribution is 6.35. The lowest BCUT2D eigenvalue weighted by Gasteiger charge is -2.07. The smallest absolute Gasteiger partial charge is 0.272 e. The SMILES string of the molecule is Cc1cccc(NC(=O)c2cc3c(Cl)cccc3n2C)c1. The van der Waals surface area contributed by atoms with Gasteiger partial charge in [-0.15, -0.1) is 0 Å². The maximum Gasteiger partial charge on any atom is 0.272 e. The predicted octanol–water partition coefficient (Wildman–Crippen LogP) is 4.39. The minimum absolute atomic E-state index is 0.143. The number of fused-ring (bicyclic) bond motifs is 1. The van der Waals surface area contributed by atoms with E-state index in [1.54, 1.807) is 0 Å². The topological polar surface area (TPSA) is 34.0 Å². The van der Waals surface area contributed by atoms with Crippen LogP contribution in [0.1, 0.15) is 16.1 Å². The molecule has 1 aromatic heterocycles. The number of hydrogen-bond acceptors (Lipinski definition) is 1. The molecule has 3 nitrogen and oxygen atoms in total. The van der Waals surface area contributed by atoms with Gasteiger partial charge in [0.25, 0.3) is 5.91 Å². The van der Waals surface area contributed by atoms with Gasteiger partial charge in [-0.1, -0.05) is 29.8 Å². The summed E-state index contributed by atoms with van der Waals surface area (Å²) in [5, 5.41) is 4.45. The number of anilines is 1. The number of nitrogens with zero attached hydrogens (tertiary/aromatic N) is 1. The van der Waals surface area contributed by atoms with Crippen molar-refractivity contribution in [1.82, 2.24) is 4.57 Å². The molecule has 0 aliphatic rings. The van der Waals surface area contributed by atoms with Crippen LogP contribution in [-0.2, 0) is 7.05 Å². The maximum absolute atomic E-state index is 12.5. The fourth-order valence-corrected chi connectivity index (χ4v) is 2.68. The number of amides is 1. The van der Waals surface area contributed by atoms with Crippen molar-refractivity contribution < 1.29 is 4.79 Å². The van der Waals surface area contributed by atoms with E-state index >= 15 is 0 Å². The molecule has 0 radical (unpaired) electrons. The monoisotopic (exact) mass is 298 g/mol. The van der Waals surface area contributed by atoms with E-state index < -0.39 is 0 Å². The van der Waals surface area contributed by atoms with Crippen molar-refractivity contribution in [3.05, 3.63) is 64.8 Å². The summed E-state index contributed by atoms with van der Waals surface area (Å²) in [5.74, 6) is -0.143. The summed E-state index contributed by atoms with van der Waals surface area (Å²) >= 11 is 6.18. The Morgan fingerprint density at radius 3 is 2.62 bits per heavy atom. The summed E-state index contributed by atoms with van der Waals surface area (Å²) in [6.45, 7) is 1.99. The zero-order chi connectivity index (χ0) is 15.0. The van der Waals surface area contributed by atoms with E-state index in [9.17, 15) is 4.79 Å². The number of carbonyl (C=O) groups is 1. The van der Waals surface area contributed by atoms with Crippen molar-refractivity contribution >= 4 is 34.1 Å². The van der Waals surface area contributed by atoms with Crippen LogP contribution >= 0.6 is 11.6 Å². The fourth-order valence-electron chi connectivity index (χ4n) is 2.46. The largest absolute Gasteiger partial charge is 0.340 e. The second-order valence-electron chi connectivity index (χ2n) is 5.08. The van der Waals surface area contributed by atoms with Gasteiger partial charge in [-0.05, 0) is 42.8 Å². The molecule has 0 aliphatic carbocycles. The molecule has 0 atom stereocenters. The van der Waals surface area contributed by atoms with Gasteiger partial charge in [-0.2, -0.15) is 0 Å². The molecule has 0 unspecified atom stereocenters. The average Bonchev–Trinajstić information content (AvgIpc) is 2.78. The molecule has 0 aliphatic heterocycles. The van der Waals surface area contributed by atoms with Gasteiger partial charge < -0.3 is 9.88 Å². The van der Waals surface area contributed by atoms with E-state index in [-0.39, 0.29) is 5.91 Å². The van der Waals surface area contributed by atoms with E-state index in [1.165, 1.54) is 0 Å². The highest BCUT2D eigenvalue weighted by Crippen LogP contribution is 2.26. The van der Waals surface area contributed by atoms with Gasteiger partial charge in [0.15, 0.2) is 0 Å². The Morgan fingerprint density at radius 2 is 1.90 bits per heavy atom. The molecule has 0 saturated heterocycles. The summed E-state index contributed by atoms with van der Waals surface area (Å²) in [5.41, 5.74) is 3.42. The Labute approximate surface area is 128 Å². The van der Waals surface area contributed by atoms with Crippen LogP contribution in [0, 0.1) is 6.92 Å². The molecule has 0 fully saturated rings. The van der Waals surface area contributed by atoms with Crippen molar-refractivity contribution in [3.8, 4) is 0 Å². The standard InChI is InChI=1S/C17H15ClN2O/c1-11-5-3-6-12(9-11)19-17(21)16-10-13-14(18)7-4-8-15(13)20(16)2/h3-10H,1-2H3,(H,19,21). The van der Waals surface area contributed by atoms with Crippen LogP contribution in [0.15, 0.2) is 48.5 Å². The van der Waals surface area contributed by atoms with E-state index in [0.29, 0.717) is 10.7 Å². The van der Waals surface area contributed by atoms with Crippen LogP contribution in [0.25, 0.3) is 10.9 Å². The molecule has 0 bridgehead atoms. The van der Waals surface area contributed by atoms with Crippen LogP contribution < -0.4 is 5.32 Å². The molecule has 0 saturated carbocycles. The summed E-state index contributed by atoms with van der Waals surface area (Å²) in [6, 6.07) is 15.2. The first kappa shape index (κ1) is 13.7. The third-order valence-electron chi connectivity index (χ3n) is 3.54. The van der Waals surface area contributed by atoms with Gasteiger partial charge >= 0.3 is 0 Å². The minimum Gasteiger partial charge on any atom is -0.340 e. The van der Waals surface area contributed by atoms with Gasteiger partial charge in [0, 0.05) is 28.7 Å². The fraction of sp³-hybridized carbons (Fsp3) is 0.118. The quantitative estimate of drug-likeness (QED) is 0.748. The van der Waals surface area contributed by atoms with Crippen LogP contribution in [-0.4, -0.2) is 10.5 Å². The molecule has 3 aromatic rings. The van der Waals surface area contributed by atoms with Gasteiger partial charge in [0.1, 0.15) is 5.69 Å². The predicted molar refractivity (Wildman–Crippen MR) is 87.1 cm³/mol. The van der Waals surface area contributed by atoms with Crippen LogP contribution in [0.4, 0.5) is 5.69 Å². The third-order valence-corrected chi connectivity index (χ3v) is 3.87. The second-order valence-corrected chi connectivity index (χ2v) is 5.49. The molecule has 1 amide bonds. The molecule has 3 rings (SSSR count). The Hall–Kier alpha value is -2.26. The lowest BCUT2D eigenvalue weighted by molar-refractivity contribution is 0.102. The number of benzene rings is 2. The molecular formula is C17H15ClN2O. The van der Waals surface area contributed by atoms with Crippen molar-refractivity contribution in [2.45, 2.75) is 6.92 Å². The Kier molecular flexibility index (Phi) is 3.43. The first-order valence-corrected chi connectivity index (χ1v) is 7.06. The van der Waals surface area contributed by atoms with Crippen molar-refractivity contribution in [3.63, 3.8) is 0 Å². The number of rotatable bonds is 2. The molecule has 1 heterocycles. The Morgan fingerprint density at radius 1 is 1.14 bits per heavy atom. The van der Waals surface area contributed by atoms with Crippen LogP contribution in [0.2, 0.25) is 5.02 Å². The van der Waals surface area contributed by atoms with Gasteiger partial charge in [0.05, 0.1) is 0 Å².